The number of benzene rings is 1. The molecule has 1 aliphatic carbocycles. The maximum absolute atomic E-state index is 6.45. The largest absolute Gasteiger partial charge is 0.314 e. The van der Waals surface area contributed by atoms with Gasteiger partial charge in [0.1, 0.15) is 0 Å². The molecule has 112 valence electrons. The summed E-state index contributed by atoms with van der Waals surface area (Å²) in [6.45, 7) is 7.81. The van der Waals surface area contributed by atoms with Gasteiger partial charge in [0, 0.05) is 6.04 Å². The minimum absolute atomic E-state index is 0.524. The molecule has 0 bridgehead atoms. The molecular weight excluding hydrogens is 289 g/mol. The Morgan fingerprint density at radius 1 is 1.25 bits per heavy atom. The van der Waals surface area contributed by atoms with Crippen molar-refractivity contribution in [1.29, 1.82) is 0 Å². The summed E-state index contributed by atoms with van der Waals surface area (Å²) in [5.74, 6) is 1.95. The van der Waals surface area contributed by atoms with Crippen molar-refractivity contribution in [3.63, 3.8) is 0 Å². The van der Waals surface area contributed by atoms with E-state index in [4.69, 9.17) is 23.2 Å². The van der Waals surface area contributed by atoms with Gasteiger partial charge in [0.2, 0.25) is 0 Å². The second-order valence-electron chi connectivity index (χ2n) is 6.49. The summed E-state index contributed by atoms with van der Waals surface area (Å²) in [4.78, 5) is 0. The van der Waals surface area contributed by atoms with E-state index in [0.717, 1.165) is 17.5 Å². The molecule has 1 aromatic carbocycles. The van der Waals surface area contributed by atoms with Gasteiger partial charge in [-0.25, -0.2) is 0 Å². The molecule has 1 aliphatic rings. The van der Waals surface area contributed by atoms with Gasteiger partial charge in [0.15, 0.2) is 0 Å². The third-order valence-electron chi connectivity index (χ3n) is 4.42. The van der Waals surface area contributed by atoms with Crippen LogP contribution in [-0.4, -0.2) is 12.6 Å². The fourth-order valence-corrected chi connectivity index (χ4v) is 3.71. The topological polar surface area (TPSA) is 12.0 Å². The van der Waals surface area contributed by atoms with Gasteiger partial charge in [-0.1, -0.05) is 62.5 Å². The quantitative estimate of drug-likeness (QED) is 0.772. The molecule has 0 heterocycles. The number of nitrogens with one attached hydrogen (secondary N) is 1. The van der Waals surface area contributed by atoms with Crippen molar-refractivity contribution in [2.45, 2.75) is 52.0 Å². The molecule has 3 atom stereocenters. The van der Waals surface area contributed by atoms with Crippen LogP contribution in [0.15, 0.2) is 18.2 Å². The van der Waals surface area contributed by atoms with Gasteiger partial charge in [0.05, 0.1) is 10.0 Å². The van der Waals surface area contributed by atoms with E-state index in [-0.39, 0.29) is 0 Å². The van der Waals surface area contributed by atoms with Crippen LogP contribution < -0.4 is 5.32 Å². The van der Waals surface area contributed by atoms with E-state index < -0.39 is 0 Å². The first kappa shape index (κ1) is 16.1. The van der Waals surface area contributed by atoms with Crippen molar-refractivity contribution < 1.29 is 0 Å². The average Bonchev–Trinajstić information content (AvgIpc) is 2.40. The Kier molecular flexibility index (Phi) is 5.77. The number of hydrogen-bond donors (Lipinski definition) is 1. The lowest BCUT2D eigenvalue weighted by molar-refractivity contribution is 0.238. The number of halogens is 2. The minimum Gasteiger partial charge on any atom is -0.314 e. The highest BCUT2D eigenvalue weighted by Gasteiger charge is 2.31. The SMILES string of the molecule is CC1CCC(CNC(C)C)C(c2cccc(Cl)c2Cl)C1. The molecule has 2 rings (SSSR count). The standard InChI is InChI=1S/C17H25Cl2N/c1-11(2)20-10-13-8-7-12(3)9-15(13)14-5-4-6-16(18)17(14)19/h4-6,11-13,15,20H,7-10H2,1-3H3. The summed E-state index contributed by atoms with van der Waals surface area (Å²) in [5.41, 5.74) is 1.24. The Hall–Kier alpha value is -0.240. The first-order valence-electron chi connectivity index (χ1n) is 7.66. The average molecular weight is 314 g/mol. The zero-order chi connectivity index (χ0) is 14.7. The van der Waals surface area contributed by atoms with E-state index >= 15 is 0 Å². The minimum atomic E-state index is 0.524. The Bertz CT molecular complexity index is 445. The van der Waals surface area contributed by atoms with Crippen LogP contribution in [0.5, 0.6) is 0 Å². The Balaban J connectivity index is 2.21. The van der Waals surface area contributed by atoms with Gasteiger partial charge in [-0.15, -0.1) is 0 Å². The molecule has 3 heteroatoms. The smallest absolute Gasteiger partial charge is 0.0627 e. The molecular formula is C17H25Cl2N. The number of hydrogen-bond acceptors (Lipinski definition) is 1. The third kappa shape index (κ3) is 3.90. The Labute approximate surface area is 133 Å². The van der Waals surface area contributed by atoms with Crippen LogP contribution in [0.2, 0.25) is 10.0 Å². The summed E-state index contributed by atoms with van der Waals surface area (Å²) in [6.07, 6.45) is 3.80. The van der Waals surface area contributed by atoms with Crippen LogP contribution >= 0.6 is 23.2 Å². The molecule has 0 radical (unpaired) electrons. The van der Waals surface area contributed by atoms with Crippen molar-refractivity contribution in [1.82, 2.24) is 5.32 Å². The fourth-order valence-electron chi connectivity index (χ4n) is 3.26. The molecule has 0 aromatic heterocycles. The molecule has 3 unspecified atom stereocenters. The summed E-state index contributed by atoms with van der Waals surface area (Å²) in [6, 6.07) is 6.58. The summed E-state index contributed by atoms with van der Waals surface area (Å²) < 4.78 is 0. The van der Waals surface area contributed by atoms with Gasteiger partial charge >= 0.3 is 0 Å². The van der Waals surface area contributed by atoms with E-state index in [1.807, 2.05) is 12.1 Å². The maximum Gasteiger partial charge on any atom is 0.0627 e. The lowest BCUT2D eigenvalue weighted by Gasteiger charge is -2.36. The zero-order valence-corrected chi connectivity index (χ0v) is 14.1. The van der Waals surface area contributed by atoms with Crippen molar-refractivity contribution in [3.05, 3.63) is 33.8 Å². The molecule has 1 aromatic rings. The van der Waals surface area contributed by atoms with Gasteiger partial charge in [0.25, 0.3) is 0 Å². The van der Waals surface area contributed by atoms with E-state index in [1.54, 1.807) is 0 Å². The molecule has 0 amide bonds. The first-order chi connectivity index (χ1) is 9.49. The van der Waals surface area contributed by atoms with Crippen LogP contribution in [0, 0.1) is 11.8 Å². The molecule has 0 spiro atoms. The second kappa shape index (κ2) is 7.15. The molecule has 1 fully saturated rings. The fraction of sp³-hybridized carbons (Fsp3) is 0.647. The second-order valence-corrected chi connectivity index (χ2v) is 7.28. The highest BCUT2D eigenvalue weighted by molar-refractivity contribution is 6.42. The lowest BCUT2D eigenvalue weighted by atomic mass is 9.71. The van der Waals surface area contributed by atoms with Crippen LogP contribution in [0.1, 0.15) is 51.5 Å². The molecule has 0 aliphatic heterocycles. The van der Waals surface area contributed by atoms with Gasteiger partial charge < -0.3 is 5.32 Å². The molecule has 1 saturated carbocycles. The summed E-state index contributed by atoms with van der Waals surface area (Å²) >= 11 is 12.6. The van der Waals surface area contributed by atoms with E-state index in [0.29, 0.717) is 22.9 Å². The molecule has 1 nitrogen and oxygen atoms in total. The van der Waals surface area contributed by atoms with Gasteiger partial charge in [-0.2, -0.15) is 0 Å². The van der Waals surface area contributed by atoms with Gasteiger partial charge in [-0.05, 0) is 48.8 Å². The summed E-state index contributed by atoms with van der Waals surface area (Å²) in [7, 11) is 0. The van der Waals surface area contributed by atoms with Crippen molar-refractivity contribution in [2.75, 3.05) is 6.54 Å². The van der Waals surface area contributed by atoms with Crippen molar-refractivity contribution in [2.24, 2.45) is 11.8 Å². The summed E-state index contributed by atoms with van der Waals surface area (Å²) in [5, 5.41) is 5.02. The lowest BCUT2D eigenvalue weighted by Crippen LogP contribution is -2.34. The highest BCUT2D eigenvalue weighted by atomic mass is 35.5. The third-order valence-corrected chi connectivity index (χ3v) is 5.26. The van der Waals surface area contributed by atoms with Crippen LogP contribution in [-0.2, 0) is 0 Å². The van der Waals surface area contributed by atoms with E-state index in [2.05, 4.69) is 32.2 Å². The monoisotopic (exact) mass is 313 g/mol. The zero-order valence-electron chi connectivity index (χ0n) is 12.6. The van der Waals surface area contributed by atoms with Gasteiger partial charge in [-0.3, -0.25) is 0 Å². The van der Waals surface area contributed by atoms with E-state index in [9.17, 15) is 0 Å². The molecule has 20 heavy (non-hydrogen) atoms. The van der Waals surface area contributed by atoms with Crippen LogP contribution in [0.3, 0.4) is 0 Å². The Morgan fingerprint density at radius 3 is 2.70 bits per heavy atom. The van der Waals surface area contributed by atoms with Crippen LogP contribution in [0.4, 0.5) is 0 Å². The van der Waals surface area contributed by atoms with E-state index in [1.165, 1.54) is 24.8 Å². The van der Waals surface area contributed by atoms with Crippen LogP contribution in [0.25, 0.3) is 0 Å². The molecule has 0 saturated heterocycles. The highest BCUT2D eigenvalue weighted by Crippen LogP contribution is 2.44. The first-order valence-corrected chi connectivity index (χ1v) is 8.42. The normalized spacial score (nSPS) is 27.0. The maximum atomic E-state index is 6.45. The molecule has 1 N–H and O–H groups in total. The predicted octanol–water partition coefficient (Wildman–Crippen LogP) is 5.51. The Morgan fingerprint density at radius 2 is 2.00 bits per heavy atom. The predicted molar refractivity (Wildman–Crippen MR) is 88.8 cm³/mol. The van der Waals surface area contributed by atoms with Crippen molar-refractivity contribution in [3.8, 4) is 0 Å². The van der Waals surface area contributed by atoms with Crippen molar-refractivity contribution >= 4 is 23.2 Å². The number of rotatable bonds is 4.